The molecule has 0 bridgehead atoms. The quantitative estimate of drug-likeness (QED) is 0.475. The lowest BCUT2D eigenvalue weighted by atomic mass is 9.96. The van der Waals surface area contributed by atoms with Gasteiger partial charge in [-0.3, -0.25) is 0 Å². The highest BCUT2D eigenvalue weighted by Gasteiger charge is 2.30. The summed E-state index contributed by atoms with van der Waals surface area (Å²) in [6.45, 7) is 8.03. The van der Waals surface area contributed by atoms with Crippen molar-refractivity contribution in [1.82, 2.24) is 0 Å². The van der Waals surface area contributed by atoms with Gasteiger partial charge in [0.25, 0.3) is 0 Å². The minimum absolute atomic E-state index is 0.201. The van der Waals surface area contributed by atoms with Crippen LogP contribution in [0.25, 0.3) is 0 Å². The highest BCUT2D eigenvalue weighted by molar-refractivity contribution is 5.87. The van der Waals surface area contributed by atoms with Crippen LogP contribution < -0.4 is 0 Å². The van der Waals surface area contributed by atoms with Gasteiger partial charge in [-0.25, -0.2) is 13.6 Å². The molecule has 0 aromatic heterocycles. The van der Waals surface area contributed by atoms with Crippen molar-refractivity contribution < 1.29 is 18.3 Å². The molecule has 0 aliphatic carbocycles. The molecule has 0 saturated heterocycles. The second-order valence-electron chi connectivity index (χ2n) is 4.21. The summed E-state index contributed by atoms with van der Waals surface area (Å²) in [5, 5.41) is 0. The Kier molecular flexibility index (Phi) is 4.44. The Bertz CT molecular complexity index is 582. The smallest absolute Gasteiger partial charge is 0.334 e. The lowest BCUT2D eigenvalue weighted by molar-refractivity contribution is -0.148. The van der Waals surface area contributed by atoms with E-state index < -0.39 is 23.2 Å². The zero-order chi connectivity index (χ0) is 14.6. The van der Waals surface area contributed by atoms with Crippen LogP contribution in [0.5, 0.6) is 0 Å². The van der Waals surface area contributed by atoms with Crippen molar-refractivity contribution in [2.45, 2.75) is 26.4 Å². The van der Waals surface area contributed by atoms with E-state index in [9.17, 15) is 13.6 Å². The number of esters is 1. The van der Waals surface area contributed by atoms with Gasteiger partial charge in [0.1, 0.15) is 0 Å². The van der Waals surface area contributed by atoms with Gasteiger partial charge in [0.2, 0.25) is 0 Å². The standard InChI is InChI=1S/C15H14F2O2/c1-5-8-15(4,19-14(18)10(2)3)11-6-7-12(16)13(17)9-11/h6-7,9H,2H2,1,3-4H3. The molecule has 0 saturated carbocycles. The van der Waals surface area contributed by atoms with Crippen LogP contribution in [0.15, 0.2) is 30.4 Å². The van der Waals surface area contributed by atoms with E-state index in [0.29, 0.717) is 0 Å². The molecule has 0 N–H and O–H groups in total. The summed E-state index contributed by atoms with van der Waals surface area (Å²) in [5.41, 5.74) is -0.888. The van der Waals surface area contributed by atoms with Gasteiger partial charge in [0, 0.05) is 11.1 Å². The fourth-order valence-corrected chi connectivity index (χ4v) is 1.46. The average molecular weight is 264 g/mol. The Balaban J connectivity index is 3.24. The molecular weight excluding hydrogens is 250 g/mol. The second-order valence-corrected chi connectivity index (χ2v) is 4.21. The van der Waals surface area contributed by atoms with Crippen LogP contribution in [0, 0.1) is 23.5 Å². The number of halogens is 2. The summed E-state index contributed by atoms with van der Waals surface area (Å²) in [6, 6.07) is 3.26. The maximum Gasteiger partial charge on any atom is 0.334 e. The molecule has 0 aliphatic rings. The highest BCUT2D eigenvalue weighted by atomic mass is 19.2. The molecule has 19 heavy (non-hydrogen) atoms. The van der Waals surface area contributed by atoms with Crippen LogP contribution in [0.4, 0.5) is 8.78 Å². The van der Waals surface area contributed by atoms with Crippen molar-refractivity contribution in [3.8, 4) is 11.8 Å². The first-order valence-corrected chi connectivity index (χ1v) is 5.58. The van der Waals surface area contributed by atoms with E-state index in [4.69, 9.17) is 4.74 Å². The number of carbonyl (C=O) groups is 1. The fraction of sp³-hybridized carbons (Fsp3) is 0.267. The first-order chi connectivity index (χ1) is 8.80. The van der Waals surface area contributed by atoms with Crippen LogP contribution in [0.2, 0.25) is 0 Å². The molecule has 2 nitrogen and oxygen atoms in total. The van der Waals surface area contributed by atoms with Gasteiger partial charge in [-0.05, 0) is 32.9 Å². The minimum atomic E-state index is -1.35. The summed E-state index contributed by atoms with van der Waals surface area (Å²) >= 11 is 0. The van der Waals surface area contributed by atoms with E-state index in [1.54, 1.807) is 6.92 Å². The number of hydrogen-bond acceptors (Lipinski definition) is 2. The fourth-order valence-electron chi connectivity index (χ4n) is 1.46. The first-order valence-electron chi connectivity index (χ1n) is 5.58. The average Bonchev–Trinajstić information content (AvgIpc) is 2.32. The molecule has 1 aromatic rings. The molecule has 0 heterocycles. The summed E-state index contributed by atoms with van der Waals surface area (Å²) in [5.74, 6) is 2.66. The van der Waals surface area contributed by atoms with E-state index in [0.717, 1.165) is 12.1 Å². The van der Waals surface area contributed by atoms with Crippen LogP contribution in [-0.4, -0.2) is 5.97 Å². The molecule has 0 fully saturated rings. The number of ether oxygens (including phenoxy) is 1. The van der Waals surface area contributed by atoms with E-state index >= 15 is 0 Å². The van der Waals surface area contributed by atoms with Crippen LogP contribution in [0.1, 0.15) is 26.3 Å². The largest absolute Gasteiger partial charge is 0.438 e. The van der Waals surface area contributed by atoms with Gasteiger partial charge in [-0.2, -0.15) is 0 Å². The van der Waals surface area contributed by atoms with E-state index in [2.05, 4.69) is 18.4 Å². The molecule has 100 valence electrons. The molecule has 4 heteroatoms. The van der Waals surface area contributed by atoms with Gasteiger partial charge in [-0.1, -0.05) is 18.6 Å². The van der Waals surface area contributed by atoms with E-state index in [-0.39, 0.29) is 11.1 Å². The SMILES string of the molecule is C=C(C)C(=O)OC(C)(C#CC)c1ccc(F)c(F)c1. The summed E-state index contributed by atoms with van der Waals surface area (Å²) in [6.07, 6.45) is 0. The topological polar surface area (TPSA) is 26.3 Å². The van der Waals surface area contributed by atoms with Crippen molar-refractivity contribution in [2.24, 2.45) is 0 Å². The lowest BCUT2D eigenvalue weighted by Crippen LogP contribution is -2.28. The van der Waals surface area contributed by atoms with Crippen LogP contribution in [0.3, 0.4) is 0 Å². The molecule has 0 radical (unpaired) electrons. The number of rotatable bonds is 3. The molecule has 1 aromatic carbocycles. The summed E-state index contributed by atoms with van der Waals surface area (Å²) < 4.78 is 31.4. The molecule has 0 amide bonds. The molecule has 1 atom stereocenters. The zero-order valence-electron chi connectivity index (χ0n) is 11.0. The van der Waals surface area contributed by atoms with Gasteiger partial charge >= 0.3 is 5.97 Å². The Morgan fingerprint density at radius 2 is 2.00 bits per heavy atom. The van der Waals surface area contributed by atoms with E-state index in [1.807, 2.05) is 0 Å². The highest BCUT2D eigenvalue weighted by Crippen LogP contribution is 2.27. The Morgan fingerprint density at radius 3 is 2.47 bits per heavy atom. The molecule has 1 unspecified atom stereocenters. The third-order valence-corrected chi connectivity index (χ3v) is 2.48. The van der Waals surface area contributed by atoms with Gasteiger partial charge < -0.3 is 4.74 Å². The summed E-state index contributed by atoms with van der Waals surface area (Å²) in [4.78, 5) is 11.6. The Labute approximate surface area is 111 Å². The molecule has 0 spiro atoms. The van der Waals surface area contributed by atoms with Crippen molar-refractivity contribution in [2.75, 3.05) is 0 Å². The molecular formula is C15H14F2O2. The second kappa shape index (κ2) is 5.66. The van der Waals surface area contributed by atoms with Crippen molar-refractivity contribution >= 4 is 5.97 Å². The number of benzene rings is 1. The third-order valence-electron chi connectivity index (χ3n) is 2.48. The van der Waals surface area contributed by atoms with Crippen molar-refractivity contribution in [3.63, 3.8) is 0 Å². The maximum atomic E-state index is 13.3. The van der Waals surface area contributed by atoms with Crippen LogP contribution in [-0.2, 0) is 15.1 Å². The normalized spacial score (nSPS) is 12.9. The molecule has 1 rings (SSSR count). The lowest BCUT2D eigenvalue weighted by Gasteiger charge is -2.24. The third kappa shape index (κ3) is 3.41. The van der Waals surface area contributed by atoms with Crippen LogP contribution >= 0.6 is 0 Å². The Morgan fingerprint density at radius 1 is 1.37 bits per heavy atom. The van der Waals surface area contributed by atoms with Crippen molar-refractivity contribution in [1.29, 1.82) is 0 Å². The predicted octanol–water partition coefficient (Wildman–Crippen LogP) is 3.32. The predicted molar refractivity (Wildman–Crippen MR) is 68.1 cm³/mol. The van der Waals surface area contributed by atoms with Gasteiger partial charge in [0.05, 0.1) is 0 Å². The molecule has 0 aliphatic heterocycles. The van der Waals surface area contributed by atoms with Crippen molar-refractivity contribution in [3.05, 3.63) is 47.5 Å². The van der Waals surface area contributed by atoms with Gasteiger partial charge in [0.15, 0.2) is 17.2 Å². The maximum absolute atomic E-state index is 13.3. The first kappa shape index (κ1) is 14.9. The minimum Gasteiger partial charge on any atom is -0.438 e. The van der Waals surface area contributed by atoms with Gasteiger partial charge in [-0.15, -0.1) is 5.92 Å². The number of carbonyl (C=O) groups excluding carboxylic acids is 1. The number of hydrogen-bond donors (Lipinski definition) is 0. The van der Waals surface area contributed by atoms with E-state index in [1.165, 1.54) is 19.9 Å². The zero-order valence-corrected chi connectivity index (χ0v) is 11.0. The summed E-state index contributed by atoms with van der Waals surface area (Å²) in [7, 11) is 0. The Hall–Kier alpha value is -2.15. The monoisotopic (exact) mass is 264 g/mol.